The maximum atomic E-state index is 13.0. The van der Waals surface area contributed by atoms with Crippen molar-refractivity contribution in [1.82, 2.24) is 25.0 Å². The second-order valence-corrected chi connectivity index (χ2v) is 6.42. The molecule has 1 saturated carbocycles. The quantitative estimate of drug-likeness (QED) is 0.799. The lowest BCUT2D eigenvalue weighted by molar-refractivity contribution is 0.116. The third kappa shape index (κ3) is 4.76. The fourth-order valence-electron chi connectivity index (χ4n) is 2.71. The SMILES string of the molecule is CC(Cn1cncn1)NC(=O)N(CC(O)c1ccc(F)cc1)C1CC1. The van der Waals surface area contributed by atoms with Crippen molar-refractivity contribution in [2.45, 2.75) is 44.5 Å². The minimum Gasteiger partial charge on any atom is -0.387 e. The largest absolute Gasteiger partial charge is 0.387 e. The lowest BCUT2D eigenvalue weighted by atomic mass is 10.1. The number of hydrogen-bond acceptors (Lipinski definition) is 4. The summed E-state index contributed by atoms with van der Waals surface area (Å²) in [6, 6.07) is 5.50. The van der Waals surface area contributed by atoms with E-state index < -0.39 is 6.10 Å². The number of carbonyl (C=O) groups excluding carboxylic acids is 1. The Balaban J connectivity index is 1.58. The van der Waals surface area contributed by atoms with Crippen molar-refractivity contribution >= 4 is 6.03 Å². The van der Waals surface area contributed by atoms with Crippen LogP contribution in [0, 0.1) is 5.82 Å². The number of hydrogen-bond donors (Lipinski definition) is 2. The summed E-state index contributed by atoms with van der Waals surface area (Å²) >= 11 is 0. The molecular weight excluding hydrogens is 325 g/mol. The highest BCUT2D eigenvalue weighted by atomic mass is 19.1. The van der Waals surface area contributed by atoms with Crippen LogP contribution < -0.4 is 5.32 Å². The second-order valence-electron chi connectivity index (χ2n) is 6.42. The molecular formula is C17H22FN5O2. The van der Waals surface area contributed by atoms with E-state index in [1.807, 2.05) is 6.92 Å². The topological polar surface area (TPSA) is 83.3 Å². The van der Waals surface area contributed by atoms with Crippen molar-refractivity contribution < 1.29 is 14.3 Å². The maximum absolute atomic E-state index is 13.0. The van der Waals surface area contributed by atoms with Gasteiger partial charge in [0.05, 0.1) is 19.2 Å². The lowest BCUT2D eigenvalue weighted by Gasteiger charge is -2.27. The van der Waals surface area contributed by atoms with Crippen molar-refractivity contribution in [3.05, 3.63) is 48.3 Å². The van der Waals surface area contributed by atoms with E-state index in [1.54, 1.807) is 15.9 Å². The second kappa shape index (κ2) is 7.60. The first kappa shape index (κ1) is 17.3. The van der Waals surface area contributed by atoms with Gasteiger partial charge in [-0.25, -0.2) is 14.2 Å². The van der Waals surface area contributed by atoms with Gasteiger partial charge in [0.25, 0.3) is 0 Å². The number of halogens is 1. The normalized spacial score (nSPS) is 16.3. The predicted octanol–water partition coefficient (Wildman–Crippen LogP) is 1.71. The zero-order valence-corrected chi connectivity index (χ0v) is 14.0. The van der Waals surface area contributed by atoms with Crippen LogP contribution in [0.5, 0.6) is 0 Å². The zero-order chi connectivity index (χ0) is 17.8. The highest BCUT2D eigenvalue weighted by Gasteiger charge is 2.34. The van der Waals surface area contributed by atoms with E-state index >= 15 is 0 Å². The predicted molar refractivity (Wildman–Crippen MR) is 89.1 cm³/mol. The van der Waals surface area contributed by atoms with Gasteiger partial charge in [0, 0.05) is 12.1 Å². The minimum atomic E-state index is -0.849. The van der Waals surface area contributed by atoms with Gasteiger partial charge >= 0.3 is 6.03 Å². The number of nitrogens with one attached hydrogen (secondary N) is 1. The number of aromatic nitrogens is 3. The van der Waals surface area contributed by atoms with Crippen molar-refractivity contribution in [3.63, 3.8) is 0 Å². The Morgan fingerprint density at radius 2 is 2.16 bits per heavy atom. The fourth-order valence-corrected chi connectivity index (χ4v) is 2.71. The molecule has 2 aromatic rings. The molecule has 1 aliphatic rings. The van der Waals surface area contributed by atoms with E-state index in [-0.39, 0.29) is 30.5 Å². The third-order valence-corrected chi connectivity index (χ3v) is 4.17. The number of carbonyl (C=O) groups is 1. The van der Waals surface area contributed by atoms with Crippen LogP contribution in [0.4, 0.5) is 9.18 Å². The molecule has 7 nitrogen and oxygen atoms in total. The van der Waals surface area contributed by atoms with E-state index in [1.165, 1.54) is 30.6 Å². The molecule has 1 aliphatic carbocycles. The van der Waals surface area contributed by atoms with Crippen LogP contribution in [0.25, 0.3) is 0 Å². The monoisotopic (exact) mass is 347 g/mol. The third-order valence-electron chi connectivity index (χ3n) is 4.17. The van der Waals surface area contributed by atoms with Crippen LogP contribution >= 0.6 is 0 Å². The lowest BCUT2D eigenvalue weighted by Crippen LogP contribution is -2.47. The summed E-state index contributed by atoms with van der Waals surface area (Å²) in [5.74, 6) is -0.352. The number of benzene rings is 1. The van der Waals surface area contributed by atoms with Gasteiger partial charge in [0.1, 0.15) is 18.5 Å². The Hall–Kier alpha value is -2.48. The maximum Gasteiger partial charge on any atom is 0.318 e. The number of rotatable bonds is 7. The zero-order valence-electron chi connectivity index (χ0n) is 14.0. The average Bonchev–Trinajstić information content (AvgIpc) is 3.29. The Labute approximate surface area is 145 Å². The Bertz CT molecular complexity index is 688. The van der Waals surface area contributed by atoms with Crippen LogP contribution in [0.15, 0.2) is 36.9 Å². The molecule has 2 unspecified atom stereocenters. The van der Waals surface area contributed by atoms with Crippen LogP contribution in [0.1, 0.15) is 31.4 Å². The molecule has 0 spiro atoms. The number of urea groups is 1. The van der Waals surface area contributed by atoms with E-state index in [0.29, 0.717) is 12.1 Å². The summed E-state index contributed by atoms with van der Waals surface area (Å²) < 4.78 is 14.7. The smallest absolute Gasteiger partial charge is 0.318 e. The molecule has 1 fully saturated rings. The van der Waals surface area contributed by atoms with E-state index in [4.69, 9.17) is 0 Å². The first-order chi connectivity index (χ1) is 12.0. The minimum absolute atomic E-state index is 0.126. The van der Waals surface area contributed by atoms with E-state index in [2.05, 4.69) is 15.4 Å². The van der Waals surface area contributed by atoms with Gasteiger partial charge in [-0.15, -0.1) is 0 Å². The molecule has 3 rings (SSSR count). The molecule has 0 radical (unpaired) electrons. The Morgan fingerprint density at radius 3 is 2.76 bits per heavy atom. The van der Waals surface area contributed by atoms with Gasteiger partial charge in [-0.1, -0.05) is 12.1 Å². The van der Waals surface area contributed by atoms with Crippen molar-refractivity contribution in [2.75, 3.05) is 6.54 Å². The van der Waals surface area contributed by atoms with E-state index in [9.17, 15) is 14.3 Å². The van der Waals surface area contributed by atoms with Crippen molar-refractivity contribution in [3.8, 4) is 0 Å². The van der Waals surface area contributed by atoms with Gasteiger partial charge < -0.3 is 15.3 Å². The highest BCUT2D eigenvalue weighted by Crippen LogP contribution is 2.29. The van der Waals surface area contributed by atoms with Gasteiger partial charge in [0.2, 0.25) is 0 Å². The summed E-state index contributed by atoms with van der Waals surface area (Å²) in [4.78, 5) is 18.1. The molecule has 25 heavy (non-hydrogen) atoms. The molecule has 2 atom stereocenters. The van der Waals surface area contributed by atoms with Crippen LogP contribution in [0.2, 0.25) is 0 Å². The molecule has 8 heteroatoms. The van der Waals surface area contributed by atoms with Gasteiger partial charge in [0.15, 0.2) is 0 Å². The molecule has 0 aliphatic heterocycles. The van der Waals surface area contributed by atoms with Crippen LogP contribution in [-0.4, -0.2) is 49.4 Å². The standard InChI is InChI=1S/C17H22FN5O2/c1-12(8-22-11-19-10-20-22)21-17(25)23(15-6-7-15)9-16(24)13-2-4-14(18)5-3-13/h2-5,10-12,15-16,24H,6-9H2,1H3,(H,21,25). The molecule has 0 saturated heterocycles. The first-order valence-corrected chi connectivity index (χ1v) is 8.36. The molecule has 134 valence electrons. The Morgan fingerprint density at radius 1 is 1.44 bits per heavy atom. The van der Waals surface area contributed by atoms with E-state index in [0.717, 1.165) is 12.8 Å². The summed E-state index contributed by atoms with van der Waals surface area (Å²) in [7, 11) is 0. The number of amides is 2. The molecule has 0 bridgehead atoms. The number of aliphatic hydroxyl groups is 1. The number of nitrogens with zero attached hydrogens (tertiary/aromatic N) is 4. The summed E-state index contributed by atoms with van der Waals surface area (Å²) in [6.07, 6.45) is 4.06. The van der Waals surface area contributed by atoms with Crippen LogP contribution in [-0.2, 0) is 6.54 Å². The summed E-state index contributed by atoms with van der Waals surface area (Å²) in [5.41, 5.74) is 0.593. The number of aliphatic hydroxyl groups excluding tert-OH is 1. The van der Waals surface area contributed by atoms with Gasteiger partial charge in [-0.05, 0) is 37.5 Å². The molecule has 2 N–H and O–H groups in total. The Kier molecular flexibility index (Phi) is 5.28. The fraction of sp³-hybridized carbons (Fsp3) is 0.471. The molecule has 2 amide bonds. The van der Waals surface area contributed by atoms with Crippen molar-refractivity contribution in [1.29, 1.82) is 0 Å². The highest BCUT2D eigenvalue weighted by molar-refractivity contribution is 5.75. The molecule has 1 aromatic carbocycles. The average molecular weight is 347 g/mol. The molecule has 1 aromatic heterocycles. The first-order valence-electron chi connectivity index (χ1n) is 8.36. The summed E-state index contributed by atoms with van der Waals surface area (Å²) in [5, 5.41) is 17.3. The van der Waals surface area contributed by atoms with Crippen LogP contribution in [0.3, 0.4) is 0 Å². The van der Waals surface area contributed by atoms with Gasteiger partial charge in [-0.3, -0.25) is 4.68 Å². The van der Waals surface area contributed by atoms with Gasteiger partial charge in [-0.2, -0.15) is 5.10 Å². The summed E-state index contributed by atoms with van der Waals surface area (Å²) in [6.45, 7) is 2.59. The van der Waals surface area contributed by atoms with Crippen molar-refractivity contribution in [2.24, 2.45) is 0 Å². The molecule has 1 heterocycles.